The Morgan fingerprint density at radius 3 is 2.53 bits per heavy atom. The van der Waals surface area contributed by atoms with Gasteiger partial charge in [-0.15, -0.1) is 0 Å². The van der Waals surface area contributed by atoms with Gasteiger partial charge in [0.05, 0.1) is 0 Å². The average Bonchev–Trinajstić information content (AvgIpc) is 2.69. The molecule has 0 unspecified atom stereocenters. The van der Waals surface area contributed by atoms with Gasteiger partial charge in [-0.1, -0.05) is 46.0 Å². The highest BCUT2D eigenvalue weighted by Crippen LogP contribution is 2.46. The number of aliphatic hydroxyl groups excluding tert-OH is 1. The maximum absolute atomic E-state index is 9.59. The summed E-state index contributed by atoms with van der Waals surface area (Å²) in [5, 5.41) is 9.59. The van der Waals surface area contributed by atoms with Crippen molar-refractivity contribution in [1.82, 2.24) is 0 Å². The van der Waals surface area contributed by atoms with E-state index in [0.717, 1.165) is 5.92 Å². The van der Waals surface area contributed by atoms with Gasteiger partial charge in [0.25, 0.3) is 0 Å². The van der Waals surface area contributed by atoms with Gasteiger partial charge >= 0.3 is 0 Å². The molecule has 1 fully saturated rings. The van der Waals surface area contributed by atoms with Crippen LogP contribution < -0.4 is 0 Å². The van der Waals surface area contributed by atoms with Crippen LogP contribution >= 0.6 is 0 Å². The first-order valence-corrected chi connectivity index (χ1v) is 6.87. The van der Waals surface area contributed by atoms with Crippen molar-refractivity contribution in [2.45, 2.75) is 71.6 Å². The first-order valence-electron chi connectivity index (χ1n) is 6.87. The van der Waals surface area contributed by atoms with Crippen molar-refractivity contribution in [1.29, 1.82) is 0 Å². The molecule has 0 saturated heterocycles. The van der Waals surface area contributed by atoms with E-state index in [1.165, 1.54) is 57.8 Å². The molecule has 0 aromatic heterocycles. The van der Waals surface area contributed by atoms with Gasteiger partial charge in [-0.2, -0.15) is 0 Å². The minimum absolute atomic E-state index is 0.314. The lowest BCUT2D eigenvalue weighted by atomic mass is 9.80. The van der Waals surface area contributed by atoms with Gasteiger partial charge in [-0.05, 0) is 37.0 Å². The molecule has 1 aliphatic carbocycles. The average molecular weight is 212 g/mol. The number of hydrogen-bond donors (Lipinski definition) is 1. The van der Waals surface area contributed by atoms with Crippen LogP contribution in [0.15, 0.2) is 0 Å². The Bertz CT molecular complexity index is 167. The molecule has 0 heterocycles. The molecule has 0 radical (unpaired) electrons. The molecular weight excluding hydrogens is 184 g/mol. The van der Waals surface area contributed by atoms with E-state index in [0.29, 0.717) is 12.0 Å². The van der Waals surface area contributed by atoms with Crippen molar-refractivity contribution in [3.8, 4) is 0 Å². The minimum Gasteiger partial charge on any atom is -0.396 e. The molecule has 90 valence electrons. The van der Waals surface area contributed by atoms with Crippen molar-refractivity contribution in [2.75, 3.05) is 6.61 Å². The second-order valence-corrected chi connectivity index (χ2v) is 5.49. The summed E-state index contributed by atoms with van der Waals surface area (Å²) >= 11 is 0. The Balaban J connectivity index is 2.28. The zero-order valence-corrected chi connectivity index (χ0v) is 10.6. The summed E-state index contributed by atoms with van der Waals surface area (Å²) in [5.74, 6) is 0.892. The third kappa shape index (κ3) is 3.79. The third-order valence-electron chi connectivity index (χ3n) is 4.28. The summed E-state index contributed by atoms with van der Waals surface area (Å²) in [6.45, 7) is 4.97. The van der Waals surface area contributed by atoms with E-state index in [4.69, 9.17) is 0 Å². The monoisotopic (exact) mass is 212 g/mol. The highest BCUT2D eigenvalue weighted by Gasteiger charge is 2.37. The molecule has 15 heavy (non-hydrogen) atoms. The Morgan fingerprint density at radius 2 is 2.00 bits per heavy atom. The summed E-state index contributed by atoms with van der Waals surface area (Å²) in [5.41, 5.74) is 0.314. The van der Waals surface area contributed by atoms with Crippen molar-refractivity contribution < 1.29 is 5.11 Å². The zero-order chi connectivity index (χ0) is 11.1. The summed E-state index contributed by atoms with van der Waals surface area (Å²) in [6, 6.07) is 0. The summed E-state index contributed by atoms with van der Waals surface area (Å²) in [4.78, 5) is 0. The lowest BCUT2D eigenvalue weighted by Crippen LogP contribution is -2.22. The maximum atomic E-state index is 9.59. The number of rotatable bonds is 7. The van der Waals surface area contributed by atoms with Gasteiger partial charge in [-0.3, -0.25) is 0 Å². The van der Waals surface area contributed by atoms with E-state index in [-0.39, 0.29) is 0 Å². The molecule has 0 aromatic rings. The minimum atomic E-state index is 0.314. The molecule has 1 nitrogen and oxygen atoms in total. The fourth-order valence-corrected chi connectivity index (χ4v) is 3.05. The van der Waals surface area contributed by atoms with Crippen LogP contribution in [0.5, 0.6) is 0 Å². The molecule has 2 atom stereocenters. The van der Waals surface area contributed by atoms with E-state index in [9.17, 15) is 5.11 Å². The van der Waals surface area contributed by atoms with Crippen molar-refractivity contribution in [2.24, 2.45) is 11.3 Å². The summed E-state index contributed by atoms with van der Waals surface area (Å²) in [6.07, 6.45) is 11.8. The van der Waals surface area contributed by atoms with E-state index < -0.39 is 0 Å². The van der Waals surface area contributed by atoms with Gasteiger partial charge in [-0.25, -0.2) is 0 Å². The Hall–Kier alpha value is -0.0400. The predicted molar refractivity (Wildman–Crippen MR) is 65.9 cm³/mol. The highest BCUT2D eigenvalue weighted by atomic mass is 16.3. The predicted octanol–water partition coefficient (Wildman–Crippen LogP) is 4.15. The molecule has 0 amide bonds. The molecule has 0 spiro atoms. The van der Waals surface area contributed by atoms with Gasteiger partial charge in [0.1, 0.15) is 0 Å². The highest BCUT2D eigenvalue weighted by molar-refractivity contribution is 4.88. The van der Waals surface area contributed by atoms with Crippen LogP contribution in [-0.4, -0.2) is 11.7 Å². The van der Waals surface area contributed by atoms with E-state index in [2.05, 4.69) is 13.8 Å². The van der Waals surface area contributed by atoms with Crippen LogP contribution in [0.3, 0.4) is 0 Å². The molecule has 1 aliphatic rings. The molecule has 0 aliphatic heterocycles. The maximum Gasteiger partial charge on any atom is 0.0487 e. The van der Waals surface area contributed by atoms with Gasteiger partial charge < -0.3 is 5.11 Å². The summed E-state index contributed by atoms with van der Waals surface area (Å²) < 4.78 is 0. The second kappa shape index (κ2) is 6.52. The van der Waals surface area contributed by atoms with Crippen molar-refractivity contribution in [3.63, 3.8) is 0 Å². The molecule has 0 bridgehead atoms. The fourth-order valence-electron chi connectivity index (χ4n) is 3.05. The van der Waals surface area contributed by atoms with Crippen LogP contribution in [0.4, 0.5) is 0 Å². The Kier molecular flexibility index (Phi) is 5.66. The van der Waals surface area contributed by atoms with Gasteiger partial charge in [0.15, 0.2) is 0 Å². The number of hydrogen-bond acceptors (Lipinski definition) is 1. The zero-order valence-electron chi connectivity index (χ0n) is 10.6. The van der Waals surface area contributed by atoms with Crippen molar-refractivity contribution in [3.05, 3.63) is 0 Å². The first kappa shape index (κ1) is 13.0. The lowest BCUT2D eigenvalue weighted by Gasteiger charge is -2.27. The first-order chi connectivity index (χ1) is 7.26. The standard InChI is InChI=1S/C14H28O/c1-3-5-6-7-9-14(12-15)10-8-13(4-2)11-14/h13,15H,3-12H2,1-2H3/t13-,14-/m1/s1. The second-order valence-electron chi connectivity index (χ2n) is 5.49. The van der Waals surface area contributed by atoms with Gasteiger partial charge in [0, 0.05) is 6.61 Å². The topological polar surface area (TPSA) is 20.2 Å². The summed E-state index contributed by atoms with van der Waals surface area (Å²) in [7, 11) is 0. The van der Waals surface area contributed by atoms with E-state index >= 15 is 0 Å². The normalized spacial score (nSPS) is 31.0. The van der Waals surface area contributed by atoms with Crippen LogP contribution in [0.1, 0.15) is 71.6 Å². The SMILES string of the molecule is CCCCCC[C@@]1(CO)CC[C@@H](CC)C1. The van der Waals surface area contributed by atoms with E-state index in [1.54, 1.807) is 0 Å². The van der Waals surface area contributed by atoms with Gasteiger partial charge in [0.2, 0.25) is 0 Å². The van der Waals surface area contributed by atoms with Crippen molar-refractivity contribution >= 4 is 0 Å². The Morgan fingerprint density at radius 1 is 1.20 bits per heavy atom. The quantitative estimate of drug-likeness (QED) is 0.629. The molecule has 1 rings (SSSR count). The number of aliphatic hydroxyl groups is 1. The largest absolute Gasteiger partial charge is 0.396 e. The van der Waals surface area contributed by atoms with Crippen LogP contribution in [0.25, 0.3) is 0 Å². The van der Waals surface area contributed by atoms with Crippen LogP contribution in [0, 0.1) is 11.3 Å². The fraction of sp³-hybridized carbons (Fsp3) is 1.00. The van der Waals surface area contributed by atoms with E-state index in [1.807, 2.05) is 0 Å². The lowest BCUT2D eigenvalue weighted by molar-refractivity contribution is 0.113. The molecule has 1 N–H and O–H groups in total. The smallest absolute Gasteiger partial charge is 0.0487 e. The molecular formula is C14H28O. The van der Waals surface area contributed by atoms with Crippen LogP contribution in [-0.2, 0) is 0 Å². The molecule has 1 saturated carbocycles. The Labute approximate surface area is 95.3 Å². The molecule has 1 heteroatoms. The third-order valence-corrected chi connectivity index (χ3v) is 4.28. The van der Waals surface area contributed by atoms with Crippen LogP contribution in [0.2, 0.25) is 0 Å². The number of unbranched alkanes of at least 4 members (excludes halogenated alkanes) is 3. The molecule has 0 aromatic carbocycles.